The Morgan fingerprint density at radius 1 is 0.702 bits per heavy atom. The lowest BCUT2D eigenvalue weighted by molar-refractivity contribution is 0.101. The highest BCUT2D eigenvalue weighted by Gasteiger charge is 2.14. The monoisotopic (exact) mass is 753 g/mol. The number of nitrogens with zero attached hydrogens (tertiary/aromatic N) is 4. The number of phenols is 1. The zero-order valence-corrected chi connectivity index (χ0v) is 32.3. The fourth-order valence-corrected chi connectivity index (χ4v) is 6.42. The molecule has 0 aliphatic rings. The molecule has 57 heavy (non-hydrogen) atoms. The largest absolute Gasteiger partial charge is 0.506 e. The number of carbonyl (C=O) groups excluding carboxylic acids is 1. The number of rotatable bonds is 14. The number of oxime groups is 1. The Morgan fingerprint density at radius 2 is 1.42 bits per heavy atom. The first-order valence-electron chi connectivity index (χ1n) is 18.6. The van der Waals surface area contributed by atoms with Gasteiger partial charge in [-0.25, -0.2) is 5.48 Å². The molecule has 9 heteroatoms. The first-order chi connectivity index (χ1) is 27.7. The summed E-state index contributed by atoms with van der Waals surface area (Å²) in [5, 5.41) is 24.6. The maximum atomic E-state index is 11.6. The van der Waals surface area contributed by atoms with Crippen molar-refractivity contribution in [3.8, 4) is 5.75 Å². The first kappa shape index (κ1) is 38.0. The molecule has 0 heterocycles. The highest BCUT2D eigenvalue weighted by atomic mass is 16.7. The van der Waals surface area contributed by atoms with Gasteiger partial charge < -0.3 is 19.7 Å². The van der Waals surface area contributed by atoms with Crippen molar-refractivity contribution in [2.75, 3.05) is 10.4 Å². The van der Waals surface area contributed by atoms with E-state index in [1.165, 1.54) is 35.6 Å². The minimum absolute atomic E-state index is 0.0132. The van der Waals surface area contributed by atoms with Crippen molar-refractivity contribution in [2.24, 2.45) is 15.4 Å². The van der Waals surface area contributed by atoms with Crippen LogP contribution in [0.4, 0.5) is 34.1 Å². The lowest BCUT2D eigenvalue weighted by Gasteiger charge is -2.26. The average molecular weight is 754 g/mol. The van der Waals surface area contributed by atoms with Crippen LogP contribution in [0, 0.1) is 20.8 Å². The van der Waals surface area contributed by atoms with Crippen molar-refractivity contribution in [1.29, 1.82) is 0 Å². The van der Waals surface area contributed by atoms with E-state index in [2.05, 4.69) is 119 Å². The number of hydrogen-bond donors (Lipinski definition) is 2. The molecule has 2 N–H and O–H groups in total. The Morgan fingerprint density at radius 3 is 2.16 bits per heavy atom. The number of nitrogens with one attached hydrogen (secondary N) is 1. The third kappa shape index (κ3) is 9.52. The number of fused-ring (bicyclic) bond motifs is 1. The number of carbonyl (C=O) groups is 1. The van der Waals surface area contributed by atoms with Gasteiger partial charge in [0.2, 0.25) is 6.40 Å². The van der Waals surface area contributed by atoms with Crippen LogP contribution in [0.2, 0.25) is 0 Å². The number of hydrogen-bond acceptors (Lipinski definition) is 9. The predicted octanol–water partition coefficient (Wildman–Crippen LogP) is 12.7. The van der Waals surface area contributed by atoms with Crippen molar-refractivity contribution in [1.82, 2.24) is 0 Å². The second-order valence-corrected chi connectivity index (χ2v) is 14.0. The smallest absolute Gasteiger partial charge is 0.245 e. The molecule has 0 radical (unpaired) electrons. The summed E-state index contributed by atoms with van der Waals surface area (Å²) in [5.74, 6) is -0.00866. The summed E-state index contributed by atoms with van der Waals surface area (Å²) in [6.07, 6.45) is 1.97. The molecule has 0 unspecified atom stereocenters. The van der Waals surface area contributed by atoms with Crippen LogP contribution in [0.25, 0.3) is 10.8 Å². The summed E-state index contributed by atoms with van der Waals surface area (Å²) in [6, 6.07) is 47.9. The van der Waals surface area contributed by atoms with Crippen LogP contribution in [-0.4, -0.2) is 17.3 Å². The van der Waals surface area contributed by atoms with E-state index in [4.69, 9.17) is 9.68 Å². The molecular formula is C48H43N5O4. The molecule has 7 aromatic carbocycles. The molecule has 0 aliphatic heterocycles. The lowest BCUT2D eigenvalue weighted by atomic mass is 10.0. The molecule has 7 aromatic rings. The number of Topliss-reactive ketones (excluding diaryl/α,β-unsaturated/α-hetero) is 1. The van der Waals surface area contributed by atoms with E-state index < -0.39 is 0 Å². The maximum Gasteiger partial charge on any atom is 0.245 e. The van der Waals surface area contributed by atoms with Gasteiger partial charge in [0.1, 0.15) is 18.0 Å². The number of anilines is 4. The number of benzene rings is 7. The standard InChI is InChI=1S/C48H43N5O4/c1-32-8-19-43(20-9-32)53(45-21-10-33(2)34(3)26-45)44-22-11-36(12-23-44)27-37-6-5-7-42(29-37)52-57-31-49-56-30-38-13-24-46-40(28-38)16-25-47(55)48(46)51-50-41-17-14-39(15-18-41)35(4)54/h5-26,28-29,31,52,55H,27,30H2,1-4H3/b49-31+,51-50?. The number of ketones is 1. The first-order valence-corrected chi connectivity index (χ1v) is 18.6. The quantitative estimate of drug-likeness (QED) is 0.0376. The normalized spacial score (nSPS) is 11.3. The van der Waals surface area contributed by atoms with Crippen molar-refractivity contribution < 1.29 is 19.6 Å². The second-order valence-electron chi connectivity index (χ2n) is 14.0. The number of aromatic hydroxyl groups is 1. The van der Waals surface area contributed by atoms with E-state index in [9.17, 15) is 9.90 Å². The third-order valence-electron chi connectivity index (χ3n) is 9.72. The molecule has 0 saturated heterocycles. The molecule has 0 amide bonds. The van der Waals surface area contributed by atoms with E-state index in [1.54, 1.807) is 30.3 Å². The van der Waals surface area contributed by atoms with E-state index in [1.807, 2.05) is 42.5 Å². The zero-order valence-electron chi connectivity index (χ0n) is 32.3. The van der Waals surface area contributed by atoms with Gasteiger partial charge in [0.25, 0.3) is 0 Å². The Balaban J connectivity index is 0.928. The topological polar surface area (TPSA) is 108 Å². The van der Waals surface area contributed by atoms with Crippen molar-refractivity contribution >= 4 is 57.1 Å². The fraction of sp³-hybridized carbons (Fsp3) is 0.125. The Kier molecular flexibility index (Phi) is 11.7. The van der Waals surface area contributed by atoms with Gasteiger partial charge in [-0.3, -0.25) is 4.79 Å². The van der Waals surface area contributed by atoms with Crippen LogP contribution in [-0.2, 0) is 22.7 Å². The summed E-state index contributed by atoms with van der Waals surface area (Å²) in [7, 11) is 0. The maximum absolute atomic E-state index is 11.6. The molecule has 0 fully saturated rings. The van der Waals surface area contributed by atoms with Crippen LogP contribution in [0.15, 0.2) is 161 Å². The van der Waals surface area contributed by atoms with E-state index in [-0.39, 0.29) is 18.1 Å². The molecule has 7 rings (SSSR count). The Hall–Kier alpha value is -7.26. The molecule has 284 valence electrons. The predicted molar refractivity (Wildman–Crippen MR) is 229 cm³/mol. The van der Waals surface area contributed by atoms with Crippen LogP contribution in [0.1, 0.15) is 50.7 Å². The fourth-order valence-electron chi connectivity index (χ4n) is 6.42. The van der Waals surface area contributed by atoms with Crippen LogP contribution < -0.4 is 10.4 Å². The second kappa shape index (κ2) is 17.5. The van der Waals surface area contributed by atoms with Gasteiger partial charge in [-0.05, 0) is 152 Å². The molecule has 0 aliphatic carbocycles. The summed E-state index contributed by atoms with van der Waals surface area (Å²) in [4.78, 5) is 24.8. The van der Waals surface area contributed by atoms with E-state index >= 15 is 0 Å². The Labute approximate surface area is 332 Å². The van der Waals surface area contributed by atoms with Gasteiger partial charge in [0.05, 0.1) is 11.4 Å². The highest BCUT2D eigenvalue weighted by molar-refractivity contribution is 5.96. The zero-order chi connectivity index (χ0) is 39.7. The average Bonchev–Trinajstić information content (AvgIpc) is 3.22. The molecule has 0 spiro atoms. The van der Waals surface area contributed by atoms with Gasteiger partial charge in [-0.15, -0.1) is 5.11 Å². The minimum Gasteiger partial charge on any atom is -0.506 e. The SMILES string of the molecule is CC(=O)c1ccc(N=Nc2c(O)ccc3cc(CO/N=C/ONc4cccc(Cc5ccc(N(c6ccc(C)cc6)c6ccc(C)c(C)c6)cc5)c4)ccc23)cc1. The summed E-state index contributed by atoms with van der Waals surface area (Å²) in [5.41, 5.74) is 15.5. The lowest BCUT2D eigenvalue weighted by Crippen LogP contribution is -2.10. The molecule has 0 saturated carbocycles. The molecule has 0 bridgehead atoms. The molecule has 0 aromatic heterocycles. The summed E-state index contributed by atoms with van der Waals surface area (Å²) in [6.45, 7) is 8.12. The third-order valence-corrected chi connectivity index (χ3v) is 9.72. The van der Waals surface area contributed by atoms with Gasteiger partial charge >= 0.3 is 0 Å². The highest BCUT2D eigenvalue weighted by Crippen LogP contribution is 2.38. The summed E-state index contributed by atoms with van der Waals surface area (Å²) >= 11 is 0. The number of phenolic OH excluding ortho intramolecular Hbond substituents is 1. The molecule has 0 atom stereocenters. The van der Waals surface area contributed by atoms with Gasteiger partial charge in [-0.2, -0.15) is 5.11 Å². The van der Waals surface area contributed by atoms with Gasteiger partial charge in [0.15, 0.2) is 5.78 Å². The minimum atomic E-state index is -0.0219. The van der Waals surface area contributed by atoms with Gasteiger partial charge in [0, 0.05) is 28.0 Å². The van der Waals surface area contributed by atoms with Crippen LogP contribution >= 0.6 is 0 Å². The summed E-state index contributed by atoms with van der Waals surface area (Å²) < 4.78 is 0. The number of azo groups is 1. The van der Waals surface area contributed by atoms with Gasteiger partial charge in [-0.1, -0.05) is 71.4 Å². The molecule has 9 nitrogen and oxygen atoms in total. The van der Waals surface area contributed by atoms with Crippen LogP contribution in [0.5, 0.6) is 5.75 Å². The van der Waals surface area contributed by atoms with E-state index in [0.717, 1.165) is 51.1 Å². The number of aryl methyl sites for hydroxylation is 3. The van der Waals surface area contributed by atoms with Crippen molar-refractivity contribution in [2.45, 2.75) is 40.7 Å². The van der Waals surface area contributed by atoms with E-state index in [0.29, 0.717) is 16.9 Å². The molecular weight excluding hydrogens is 711 g/mol. The van der Waals surface area contributed by atoms with Crippen molar-refractivity contribution in [3.63, 3.8) is 0 Å². The van der Waals surface area contributed by atoms with Crippen molar-refractivity contribution in [3.05, 3.63) is 185 Å². The van der Waals surface area contributed by atoms with Crippen LogP contribution in [0.3, 0.4) is 0 Å². The Bertz CT molecular complexity index is 2570.